The Kier molecular flexibility index (Phi) is 5.35. The number of anilines is 2. The molecule has 1 amide bonds. The quantitative estimate of drug-likeness (QED) is 0.501. The van der Waals surface area contributed by atoms with Gasteiger partial charge in [-0.3, -0.25) is 9.78 Å². The number of hydrogen-bond donors (Lipinski definition) is 1. The first kappa shape index (κ1) is 18.8. The summed E-state index contributed by atoms with van der Waals surface area (Å²) in [5.74, 6) is -0.137. The van der Waals surface area contributed by atoms with Crippen LogP contribution in [0.1, 0.15) is 10.4 Å². The van der Waals surface area contributed by atoms with E-state index in [1.807, 2.05) is 85.0 Å². The Morgan fingerprint density at radius 3 is 2.52 bits per heavy atom. The average Bonchev–Trinajstić information content (AvgIpc) is 3.25. The molecule has 0 aliphatic rings. The molecule has 5 nitrogen and oxygen atoms in total. The van der Waals surface area contributed by atoms with Crippen LogP contribution in [0.25, 0.3) is 21.8 Å². The molecule has 0 fully saturated rings. The number of thiazole rings is 1. The summed E-state index contributed by atoms with van der Waals surface area (Å²) in [5.41, 5.74) is 5.23. The van der Waals surface area contributed by atoms with Crippen LogP contribution in [0, 0.1) is 0 Å². The third-order valence-corrected chi connectivity index (χ3v) is 5.37. The predicted molar refractivity (Wildman–Crippen MR) is 120 cm³/mol. The second kappa shape index (κ2) is 8.24. The van der Waals surface area contributed by atoms with E-state index >= 15 is 0 Å². The number of carbonyl (C=O) groups is 1. The first-order valence-electron chi connectivity index (χ1n) is 9.15. The monoisotopic (exact) mass is 400 g/mol. The molecular formula is C23H20N4OS. The van der Waals surface area contributed by atoms with Gasteiger partial charge in [0, 0.05) is 59.9 Å². The van der Waals surface area contributed by atoms with Crippen LogP contribution in [0.15, 0.2) is 78.4 Å². The lowest BCUT2D eigenvalue weighted by molar-refractivity contribution is 0.102. The van der Waals surface area contributed by atoms with Crippen LogP contribution in [0.2, 0.25) is 0 Å². The van der Waals surface area contributed by atoms with Gasteiger partial charge in [-0.1, -0.05) is 12.1 Å². The Hall–Kier alpha value is -3.51. The third kappa shape index (κ3) is 4.33. The number of benzene rings is 2. The van der Waals surface area contributed by atoms with Crippen molar-refractivity contribution in [3.8, 4) is 21.8 Å². The van der Waals surface area contributed by atoms with Gasteiger partial charge in [-0.25, -0.2) is 4.98 Å². The fourth-order valence-electron chi connectivity index (χ4n) is 2.90. The molecule has 6 heteroatoms. The molecule has 29 heavy (non-hydrogen) atoms. The van der Waals surface area contributed by atoms with E-state index in [-0.39, 0.29) is 5.91 Å². The normalized spacial score (nSPS) is 10.6. The van der Waals surface area contributed by atoms with Crippen molar-refractivity contribution in [2.75, 3.05) is 24.3 Å². The minimum Gasteiger partial charge on any atom is -0.378 e. The van der Waals surface area contributed by atoms with E-state index in [4.69, 9.17) is 4.98 Å². The van der Waals surface area contributed by atoms with Gasteiger partial charge < -0.3 is 10.2 Å². The second-order valence-electron chi connectivity index (χ2n) is 6.76. The molecule has 0 saturated carbocycles. The van der Waals surface area contributed by atoms with E-state index < -0.39 is 0 Å². The SMILES string of the molecule is CN(C)c1ccc(C(=O)Nc2cccc(-c3csc(-c4cccnc4)n3)c2)cc1. The van der Waals surface area contributed by atoms with Gasteiger partial charge in [0.1, 0.15) is 5.01 Å². The molecule has 4 aromatic rings. The zero-order chi connectivity index (χ0) is 20.2. The number of nitrogens with zero attached hydrogens (tertiary/aromatic N) is 3. The van der Waals surface area contributed by atoms with E-state index in [1.54, 1.807) is 23.7 Å². The van der Waals surface area contributed by atoms with Gasteiger partial charge in [0.15, 0.2) is 0 Å². The van der Waals surface area contributed by atoms with E-state index in [0.29, 0.717) is 5.56 Å². The largest absolute Gasteiger partial charge is 0.378 e. The lowest BCUT2D eigenvalue weighted by atomic mass is 10.1. The highest BCUT2D eigenvalue weighted by atomic mass is 32.1. The van der Waals surface area contributed by atoms with Crippen LogP contribution in [0.5, 0.6) is 0 Å². The number of rotatable bonds is 5. The number of amides is 1. The number of carbonyl (C=O) groups excluding carboxylic acids is 1. The molecule has 0 bridgehead atoms. The van der Waals surface area contributed by atoms with Crippen LogP contribution >= 0.6 is 11.3 Å². The summed E-state index contributed by atoms with van der Waals surface area (Å²) in [6, 6.07) is 19.1. The lowest BCUT2D eigenvalue weighted by Crippen LogP contribution is -2.13. The Morgan fingerprint density at radius 2 is 1.79 bits per heavy atom. The maximum absolute atomic E-state index is 12.6. The lowest BCUT2D eigenvalue weighted by Gasteiger charge is -2.12. The number of nitrogens with one attached hydrogen (secondary N) is 1. The van der Waals surface area contributed by atoms with Crippen LogP contribution in [0.4, 0.5) is 11.4 Å². The van der Waals surface area contributed by atoms with Crippen LogP contribution < -0.4 is 10.2 Å². The Balaban J connectivity index is 1.52. The molecule has 0 unspecified atom stereocenters. The second-order valence-corrected chi connectivity index (χ2v) is 7.61. The van der Waals surface area contributed by atoms with E-state index in [1.165, 1.54) is 0 Å². The molecule has 144 valence electrons. The van der Waals surface area contributed by atoms with Gasteiger partial charge in [0.2, 0.25) is 0 Å². The summed E-state index contributed by atoms with van der Waals surface area (Å²) in [7, 11) is 3.94. The van der Waals surface area contributed by atoms with Gasteiger partial charge in [-0.05, 0) is 48.5 Å². The van der Waals surface area contributed by atoms with Crippen molar-refractivity contribution >= 4 is 28.6 Å². The summed E-state index contributed by atoms with van der Waals surface area (Å²) >= 11 is 1.58. The fourth-order valence-corrected chi connectivity index (χ4v) is 3.72. The van der Waals surface area contributed by atoms with Crippen molar-refractivity contribution < 1.29 is 4.79 Å². The highest BCUT2D eigenvalue weighted by molar-refractivity contribution is 7.13. The molecule has 0 atom stereocenters. The topological polar surface area (TPSA) is 58.1 Å². The predicted octanol–water partition coefficient (Wildman–Crippen LogP) is 5.19. The van der Waals surface area contributed by atoms with Crippen LogP contribution in [0.3, 0.4) is 0 Å². The molecule has 4 rings (SSSR count). The number of aromatic nitrogens is 2. The molecule has 0 aliphatic carbocycles. The van der Waals surface area contributed by atoms with E-state index in [0.717, 1.165) is 33.2 Å². The van der Waals surface area contributed by atoms with E-state index in [2.05, 4.69) is 10.3 Å². The maximum atomic E-state index is 12.6. The smallest absolute Gasteiger partial charge is 0.255 e. The summed E-state index contributed by atoms with van der Waals surface area (Å²) in [6.07, 6.45) is 3.55. The van der Waals surface area contributed by atoms with Crippen molar-refractivity contribution in [3.05, 3.63) is 84.0 Å². The Bertz CT molecular complexity index is 1120. The highest BCUT2D eigenvalue weighted by Gasteiger charge is 2.10. The number of hydrogen-bond acceptors (Lipinski definition) is 5. The summed E-state index contributed by atoms with van der Waals surface area (Å²) in [6.45, 7) is 0. The zero-order valence-corrected chi connectivity index (χ0v) is 17.0. The van der Waals surface area contributed by atoms with Gasteiger partial charge >= 0.3 is 0 Å². The summed E-state index contributed by atoms with van der Waals surface area (Å²) in [4.78, 5) is 23.5. The van der Waals surface area contributed by atoms with Crippen molar-refractivity contribution in [1.82, 2.24) is 9.97 Å². The van der Waals surface area contributed by atoms with Crippen LogP contribution in [-0.4, -0.2) is 30.0 Å². The third-order valence-electron chi connectivity index (χ3n) is 4.47. The fraction of sp³-hybridized carbons (Fsp3) is 0.0870. The highest BCUT2D eigenvalue weighted by Crippen LogP contribution is 2.29. The average molecular weight is 401 g/mol. The Morgan fingerprint density at radius 1 is 1.00 bits per heavy atom. The van der Waals surface area contributed by atoms with E-state index in [9.17, 15) is 4.79 Å². The van der Waals surface area contributed by atoms with Crippen molar-refractivity contribution in [2.24, 2.45) is 0 Å². The molecule has 1 N–H and O–H groups in total. The van der Waals surface area contributed by atoms with Gasteiger partial charge in [-0.2, -0.15) is 0 Å². The summed E-state index contributed by atoms with van der Waals surface area (Å²) < 4.78 is 0. The molecule has 2 heterocycles. The van der Waals surface area contributed by atoms with Crippen molar-refractivity contribution in [3.63, 3.8) is 0 Å². The molecule has 0 radical (unpaired) electrons. The standard InChI is InChI=1S/C23H20N4OS/c1-27(2)20-10-8-16(9-11-20)22(28)25-19-7-3-5-17(13-19)21-15-29-23(26-21)18-6-4-12-24-14-18/h3-15H,1-2H3,(H,25,28). The van der Waals surface area contributed by atoms with Gasteiger partial charge in [0.05, 0.1) is 5.69 Å². The zero-order valence-electron chi connectivity index (χ0n) is 16.2. The maximum Gasteiger partial charge on any atom is 0.255 e. The van der Waals surface area contributed by atoms with Gasteiger partial charge in [-0.15, -0.1) is 11.3 Å². The van der Waals surface area contributed by atoms with Crippen LogP contribution in [-0.2, 0) is 0 Å². The van der Waals surface area contributed by atoms with Gasteiger partial charge in [0.25, 0.3) is 5.91 Å². The first-order chi connectivity index (χ1) is 14.1. The van der Waals surface area contributed by atoms with Crippen molar-refractivity contribution in [2.45, 2.75) is 0 Å². The minimum atomic E-state index is -0.137. The molecule has 0 aliphatic heterocycles. The number of pyridine rings is 1. The van der Waals surface area contributed by atoms with Crippen molar-refractivity contribution in [1.29, 1.82) is 0 Å². The summed E-state index contributed by atoms with van der Waals surface area (Å²) in [5, 5.41) is 5.91. The Labute approximate surface area is 173 Å². The molecular weight excluding hydrogens is 380 g/mol. The molecule has 0 saturated heterocycles. The molecule has 2 aromatic carbocycles. The molecule has 2 aromatic heterocycles. The first-order valence-corrected chi connectivity index (χ1v) is 10.0. The minimum absolute atomic E-state index is 0.137. The molecule has 0 spiro atoms.